The zero-order valence-electron chi connectivity index (χ0n) is 36.2. The van der Waals surface area contributed by atoms with Gasteiger partial charge in [0.05, 0.1) is 31.2 Å². The molecule has 0 spiro atoms. The Hall–Kier alpha value is -7.20. The quantitative estimate of drug-likeness (QED) is 0.105. The molecule has 0 amide bonds. The number of tetrazole rings is 2. The highest BCUT2D eigenvalue weighted by Gasteiger charge is 2.14. The average molecular weight is 905 g/mol. The van der Waals surface area contributed by atoms with E-state index < -0.39 is 19.7 Å². The highest BCUT2D eigenvalue weighted by molar-refractivity contribution is 7.93. The van der Waals surface area contributed by atoms with Crippen LogP contribution in [0, 0.1) is 20.8 Å². The van der Waals surface area contributed by atoms with Crippen LogP contribution in [0.4, 0.5) is 0 Å². The Kier molecular flexibility index (Phi) is 14.8. The van der Waals surface area contributed by atoms with Crippen LogP contribution in [0.25, 0.3) is 34.9 Å². The number of aryl methyl sites for hydroxylation is 3. The topological polar surface area (TPSA) is 176 Å². The van der Waals surface area contributed by atoms with Gasteiger partial charge in [0, 0.05) is 21.9 Å². The SMILES string of the molecule is Cc1cccc(/C=C/S(=O)(=O)Cc2cccc(-c3nnn(Cc4cccc(C)c4)n3)c2)c1.Cc1cccc(Cn2nnc(-c3cccc(CS(=O)(=O)/C=C/c4cccc(CO)c4)c3)n2)c1. The third kappa shape index (κ3) is 13.9. The second kappa shape index (κ2) is 21.0. The normalized spacial score (nSPS) is 11.8. The van der Waals surface area contributed by atoms with Crippen LogP contribution >= 0.6 is 0 Å². The summed E-state index contributed by atoms with van der Waals surface area (Å²) in [5.74, 6) is 0.667. The van der Waals surface area contributed by atoms with Crippen molar-refractivity contribution in [3.05, 3.63) is 212 Å². The average Bonchev–Trinajstić information content (AvgIpc) is 3.96. The summed E-state index contributed by atoms with van der Waals surface area (Å²) in [6.07, 6.45) is 3.17. The lowest BCUT2D eigenvalue weighted by Crippen LogP contribution is -2.04. The lowest BCUT2D eigenvalue weighted by Gasteiger charge is -2.03. The van der Waals surface area contributed by atoms with Gasteiger partial charge in [-0.3, -0.25) is 0 Å². The van der Waals surface area contributed by atoms with Gasteiger partial charge in [-0.2, -0.15) is 9.59 Å². The molecule has 0 bridgehead atoms. The molecule has 0 aliphatic carbocycles. The largest absolute Gasteiger partial charge is 0.392 e. The number of hydrogen-bond donors (Lipinski definition) is 1. The Morgan fingerprint density at radius 2 is 0.877 bits per heavy atom. The number of nitrogens with zero attached hydrogens (tertiary/aromatic N) is 8. The fourth-order valence-electron chi connectivity index (χ4n) is 6.89. The van der Waals surface area contributed by atoms with Gasteiger partial charge < -0.3 is 5.11 Å². The molecule has 0 fully saturated rings. The summed E-state index contributed by atoms with van der Waals surface area (Å²) in [5.41, 5.74) is 10.6. The number of rotatable bonds is 15. The fourth-order valence-corrected chi connectivity index (χ4v) is 9.10. The highest BCUT2D eigenvalue weighted by Crippen LogP contribution is 2.21. The third-order valence-electron chi connectivity index (χ3n) is 9.94. The number of aromatic nitrogens is 8. The molecule has 65 heavy (non-hydrogen) atoms. The Labute approximate surface area is 379 Å². The van der Waals surface area contributed by atoms with Gasteiger partial charge in [-0.25, -0.2) is 16.8 Å². The van der Waals surface area contributed by atoms with Crippen molar-refractivity contribution >= 4 is 31.8 Å². The zero-order chi connectivity index (χ0) is 45.8. The van der Waals surface area contributed by atoms with Crippen molar-refractivity contribution in [1.29, 1.82) is 0 Å². The van der Waals surface area contributed by atoms with Crippen LogP contribution in [0.1, 0.15) is 55.6 Å². The second-order valence-electron chi connectivity index (χ2n) is 15.7. The van der Waals surface area contributed by atoms with Crippen LogP contribution in [-0.4, -0.2) is 62.4 Å². The van der Waals surface area contributed by atoms with Crippen molar-refractivity contribution in [2.75, 3.05) is 0 Å². The van der Waals surface area contributed by atoms with Gasteiger partial charge in [-0.05, 0) is 100 Å². The molecular formula is C50H48N8O5S2. The Bertz CT molecular complexity index is 3200. The Morgan fingerprint density at radius 3 is 1.34 bits per heavy atom. The predicted octanol–water partition coefficient (Wildman–Crippen LogP) is 8.37. The fraction of sp³-hybridized carbons (Fsp3) is 0.160. The maximum absolute atomic E-state index is 12.6. The van der Waals surface area contributed by atoms with Gasteiger partial charge in [-0.15, -0.1) is 20.4 Å². The lowest BCUT2D eigenvalue weighted by molar-refractivity contribution is 0.282. The molecule has 1 N–H and O–H groups in total. The first-order valence-electron chi connectivity index (χ1n) is 20.7. The summed E-state index contributed by atoms with van der Waals surface area (Å²) >= 11 is 0. The minimum absolute atomic E-state index is 0.0924. The van der Waals surface area contributed by atoms with E-state index in [9.17, 15) is 21.9 Å². The van der Waals surface area contributed by atoms with Gasteiger partial charge in [0.15, 0.2) is 19.7 Å². The molecule has 15 heteroatoms. The van der Waals surface area contributed by atoms with E-state index >= 15 is 0 Å². The summed E-state index contributed by atoms with van der Waals surface area (Å²) in [7, 11) is -6.92. The molecule has 330 valence electrons. The van der Waals surface area contributed by atoms with E-state index in [0.717, 1.165) is 38.9 Å². The van der Waals surface area contributed by atoms with E-state index in [1.165, 1.54) is 32.0 Å². The predicted molar refractivity (Wildman–Crippen MR) is 254 cm³/mol. The smallest absolute Gasteiger partial charge is 0.204 e. The van der Waals surface area contributed by atoms with E-state index in [1.54, 1.807) is 60.7 Å². The van der Waals surface area contributed by atoms with Crippen LogP contribution < -0.4 is 0 Å². The van der Waals surface area contributed by atoms with E-state index in [2.05, 4.69) is 43.0 Å². The van der Waals surface area contributed by atoms with E-state index in [4.69, 9.17) is 0 Å². The first-order valence-corrected chi connectivity index (χ1v) is 24.1. The van der Waals surface area contributed by atoms with Crippen molar-refractivity contribution in [3.63, 3.8) is 0 Å². The van der Waals surface area contributed by atoms with E-state index in [0.29, 0.717) is 47.0 Å². The number of benzene rings is 6. The van der Waals surface area contributed by atoms with Crippen LogP contribution in [-0.2, 0) is 50.9 Å². The summed E-state index contributed by atoms with van der Waals surface area (Å²) in [5, 5.41) is 37.1. The standard InChI is InChI=1S/C25H24N4O3S.C25H24N4O2S/c1-19-5-2-7-21(13-19)16-29-27-25(26-28-29)24-10-4-9-23(15-24)18-33(31,32)12-11-20-6-3-8-22(14-20)17-30;1-19-6-3-8-21(14-19)12-13-32(30,31)18-23-10-5-11-24(16-23)25-26-28-29(27-25)17-22-9-4-7-20(2)15-22/h2-15,30H,16-18H2,1H3;3-16H,17-18H2,1-2H3/b12-11+;13-12+. The lowest BCUT2D eigenvalue weighted by atomic mass is 10.1. The molecule has 8 rings (SSSR count). The minimum atomic E-state index is -3.50. The molecule has 0 atom stereocenters. The molecule has 0 saturated heterocycles. The molecule has 8 aromatic rings. The van der Waals surface area contributed by atoms with Gasteiger partial charge in [-0.1, -0.05) is 144 Å². The van der Waals surface area contributed by atoms with Gasteiger partial charge in [0.25, 0.3) is 0 Å². The van der Waals surface area contributed by atoms with Crippen molar-refractivity contribution < 1.29 is 21.9 Å². The Balaban J connectivity index is 0.000000194. The van der Waals surface area contributed by atoms with Crippen LogP contribution in [0.5, 0.6) is 0 Å². The first kappa shape index (κ1) is 45.8. The summed E-state index contributed by atoms with van der Waals surface area (Å²) in [6.45, 7) is 6.98. The van der Waals surface area contributed by atoms with Crippen molar-refractivity contribution in [3.8, 4) is 22.8 Å². The van der Waals surface area contributed by atoms with Crippen LogP contribution in [0.3, 0.4) is 0 Å². The number of aliphatic hydroxyl groups is 1. The third-order valence-corrected chi connectivity index (χ3v) is 12.5. The monoisotopic (exact) mass is 904 g/mol. The molecule has 0 aliphatic heterocycles. The van der Waals surface area contributed by atoms with E-state index in [-0.39, 0.29) is 18.1 Å². The van der Waals surface area contributed by atoms with Gasteiger partial charge >= 0.3 is 0 Å². The van der Waals surface area contributed by atoms with Gasteiger partial charge in [0.1, 0.15) is 0 Å². The Morgan fingerprint density at radius 1 is 0.477 bits per heavy atom. The first-order chi connectivity index (χ1) is 31.3. The number of hydrogen-bond acceptors (Lipinski definition) is 11. The number of aliphatic hydroxyl groups excluding tert-OH is 1. The molecule has 2 heterocycles. The summed E-state index contributed by atoms with van der Waals surface area (Å²) in [4.78, 5) is 3.06. The van der Waals surface area contributed by atoms with Crippen molar-refractivity contribution in [2.24, 2.45) is 0 Å². The maximum atomic E-state index is 12.6. The van der Waals surface area contributed by atoms with E-state index in [1.807, 2.05) is 99.6 Å². The van der Waals surface area contributed by atoms with Crippen LogP contribution in [0.15, 0.2) is 156 Å². The molecule has 13 nitrogen and oxygen atoms in total. The van der Waals surface area contributed by atoms with Gasteiger partial charge in [0.2, 0.25) is 11.6 Å². The molecule has 6 aromatic carbocycles. The molecule has 2 aromatic heterocycles. The summed E-state index contributed by atoms with van der Waals surface area (Å²) in [6, 6.07) is 45.5. The van der Waals surface area contributed by atoms with Crippen molar-refractivity contribution in [2.45, 2.75) is 52.0 Å². The van der Waals surface area contributed by atoms with Crippen LogP contribution in [0.2, 0.25) is 0 Å². The summed E-state index contributed by atoms with van der Waals surface area (Å²) < 4.78 is 50.5. The van der Waals surface area contributed by atoms with Crippen molar-refractivity contribution in [1.82, 2.24) is 40.4 Å². The molecular weight excluding hydrogens is 857 g/mol. The maximum Gasteiger partial charge on any atom is 0.204 e. The molecule has 0 unspecified atom stereocenters. The number of sulfone groups is 2. The molecule has 0 radical (unpaired) electrons. The second-order valence-corrected chi connectivity index (χ2v) is 19.5. The molecule has 0 saturated carbocycles. The molecule has 0 aliphatic rings. The minimum Gasteiger partial charge on any atom is -0.392 e. The zero-order valence-corrected chi connectivity index (χ0v) is 37.8. The highest BCUT2D eigenvalue weighted by atomic mass is 32.2.